The van der Waals surface area contributed by atoms with Crippen LogP contribution in [0.25, 0.3) is 0 Å². The van der Waals surface area contributed by atoms with Gasteiger partial charge in [0, 0.05) is 12.1 Å². The number of rotatable bonds is 3. The number of benzene rings is 1. The normalized spacial score (nSPS) is 22.6. The maximum Gasteiger partial charge on any atom is 0.414 e. The molecule has 2 heterocycles. The van der Waals surface area contributed by atoms with Gasteiger partial charge in [0.1, 0.15) is 23.3 Å². The maximum atomic E-state index is 14.4. The molecule has 1 aromatic rings. The Morgan fingerprint density at radius 1 is 1.30 bits per heavy atom. The van der Waals surface area contributed by atoms with E-state index in [2.05, 4.69) is 0 Å². The molecule has 0 aliphatic carbocycles. The number of anilines is 2. The van der Waals surface area contributed by atoms with Crippen LogP contribution in [0.1, 0.15) is 0 Å². The second-order valence-electron chi connectivity index (χ2n) is 5.39. The zero-order chi connectivity index (χ0) is 16.6. The van der Waals surface area contributed by atoms with Crippen molar-refractivity contribution in [2.45, 2.75) is 6.10 Å². The van der Waals surface area contributed by atoms with Gasteiger partial charge in [0.25, 0.3) is 0 Å². The highest BCUT2D eigenvalue weighted by Gasteiger charge is 2.33. The van der Waals surface area contributed by atoms with Crippen molar-refractivity contribution < 1.29 is 28.0 Å². The highest BCUT2D eigenvalue weighted by molar-refractivity contribution is 7.91. The molecule has 0 bridgehead atoms. The van der Waals surface area contributed by atoms with Gasteiger partial charge in [0.05, 0.1) is 31.9 Å². The summed E-state index contributed by atoms with van der Waals surface area (Å²) in [6.07, 6.45) is -1.45. The SMILES string of the molecule is O=C1O[C@@H](CO)CN1c1cc(F)c(N2CC[S+]([O-])CC2)c(F)c1. The van der Waals surface area contributed by atoms with E-state index < -0.39 is 35.0 Å². The number of aliphatic hydroxyl groups excluding tert-OH is 1. The first-order chi connectivity index (χ1) is 11.0. The van der Waals surface area contributed by atoms with Crippen LogP contribution in [0.15, 0.2) is 12.1 Å². The Labute approximate surface area is 134 Å². The van der Waals surface area contributed by atoms with Gasteiger partial charge in [-0.15, -0.1) is 0 Å². The van der Waals surface area contributed by atoms with Crippen LogP contribution >= 0.6 is 0 Å². The van der Waals surface area contributed by atoms with E-state index in [0.717, 1.165) is 17.0 Å². The van der Waals surface area contributed by atoms with Crippen molar-refractivity contribution in [3.63, 3.8) is 0 Å². The van der Waals surface area contributed by atoms with Crippen LogP contribution in [-0.2, 0) is 15.9 Å². The summed E-state index contributed by atoms with van der Waals surface area (Å²) < 4.78 is 44.9. The van der Waals surface area contributed by atoms with Crippen molar-refractivity contribution in [3.05, 3.63) is 23.8 Å². The highest BCUT2D eigenvalue weighted by Crippen LogP contribution is 2.31. The van der Waals surface area contributed by atoms with Gasteiger partial charge in [0.15, 0.2) is 11.6 Å². The fourth-order valence-corrected chi connectivity index (χ4v) is 3.75. The van der Waals surface area contributed by atoms with Crippen molar-refractivity contribution >= 4 is 28.6 Å². The number of cyclic esters (lactones) is 1. The molecule has 126 valence electrons. The van der Waals surface area contributed by atoms with Crippen LogP contribution in [0.4, 0.5) is 25.0 Å². The summed E-state index contributed by atoms with van der Waals surface area (Å²) >= 11 is -0.944. The van der Waals surface area contributed by atoms with Gasteiger partial charge in [0.2, 0.25) is 0 Å². The maximum absolute atomic E-state index is 14.4. The van der Waals surface area contributed by atoms with E-state index >= 15 is 0 Å². The first-order valence-electron chi connectivity index (χ1n) is 7.17. The van der Waals surface area contributed by atoms with E-state index in [0.29, 0.717) is 24.6 Å². The summed E-state index contributed by atoms with van der Waals surface area (Å²) in [6.45, 7) is 0.322. The number of hydrogen-bond acceptors (Lipinski definition) is 5. The number of amides is 1. The quantitative estimate of drug-likeness (QED) is 0.822. The average Bonchev–Trinajstić information content (AvgIpc) is 2.89. The molecule has 6 nitrogen and oxygen atoms in total. The van der Waals surface area contributed by atoms with E-state index in [1.165, 1.54) is 4.90 Å². The molecular formula is C14H16F2N2O4S. The molecule has 2 aliphatic rings. The molecule has 23 heavy (non-hydrogen) atoms. The second-order valence-corrected chi connectivity index (χ2v) is 7.09. The number of nitrogens with zero attached hydrogens (tertiary/aromatic N) is 2. The topological polar surface area (TPSA) is 76.1 Å². The number of hydrogen-bond donors (Lipinski definition) is 1. The van der Waals surface area contributed by atoms with Crippen molar-refractivity contribution in [2.75, 3.05) is 47.5 Å². The van der Waals surface area contributed by atoms with Gasteiger partial charge in [-0.3, -0.25) is 4.90 Å². The summed E-state index contributed by atoms with van der Waals surface area (Å²) in [6, 6.07) is 2.15. The Hall–Kier alpha value is -1.58. The first-order valence-corrected chi connectivity index (χ1v) is 8.66. The lowest BCUT2D eigenvalue weighted by Gasteiger charge is -2.30. The summed E-state index contributed by atoms with van der Waals surface area (Å²) in [5.41, 5.74) is -0.123. The zero-order valence-corrected chi connectivity index (χ0v) is 13.0. The third kappa shape index (κ3) is 3.22. The van der Waals surface area contributed by atoms with Gasteiger partial charge in [-0.25, -0.2) is 13.6 Å². The van der Waals surface area contributed by atoms with Gasteiger partial charge in [-0.05, 0) is 0 Å². The predicted octanol–water partition coefficient (Wildman–Crippen LogP) is 0.851. The molecular weight excluding hydrogens is 330 g/mol. The first kappa shape index (κ1) is 16.3. The van der Waals surface area contributed by atoms with Crippen molar-refractivity contribution in [1.29, 1.82) is 0 Å². The minimum absolute atomic E-state index is 0.0380. The van der Waals surface area contributed by atoms with E-state index in [1.807, 2.05) is 0 Å². The smallest absolute Gasteiger partial charge is 0.414 e. The van der Waals surface area contributed by atoms with Crippen LogP contribution in [0.5, 0.6) is 0 Å². The molecule has 1 aromatic carbocycles. The van der Waals surface area contributed by atoms with Crippen molar-refractivity contribution in [3.8, 4) is 0 Å². The summed E-state index contributed by atoms with van der Waals surface area (Å²) in [5.74, 6) is -0.824. The molecule has 0 spiro atoms. The number of halogens is 2. The fraction of sp³-hybridized carbons (Fsp3) is 0.500. The van der Waals surface area contributed by atoms with Crippen molar-refractivity contribution in [2.24, 2.45) is 0 Å². The molecule has 2 aliphatic heterocycles. The fourth-order valence-electron chi connectivity index (χ4n) is 2.70. The molecule has 0 radical (unpaired) electrons. The summed E-state index contributed by atoms with van der Waals surface area (Å²) in [4.78, 5) is 14.3. The lowest BCUT2D eigenvalue weighted by Crippen LogP contribution is -2.41. The summed E-state index contributed by atoms with van der Waals surface area (Å²) in [7, 11) is 0. The molecule has 1 N–H and O–H groups in total. The largest absolute Gasteiger partial charge is 0.616 e. The zero-order valence-electron chi connectivity index (χ0n) is 12.2. The third-order valence-corrected chi connectivity index (χ3v) is 5.16. The van der Waals surface area contributed by atoms with Crippen LogP contribution in [0.2, 0.25) is 0 Å². The van der Waals surface area contributed by atoms with Crippen LogP contribution < -0.4 is 9.80 Å². The Balaban J connectivity index is 1.84. The molecule has 2 saturated heterocycles. The molecule has 0 saturated carbocycles. The Morgan fingerprint density at radius 2 is 1.91 bits per heavy atom. The predicted molar refractivity (Wildman–Crippen MR) is 81.1 cm³/mol. The van der Waals surface area contributed by atoms with Crippen molar-refractivity contribution in [1.82, 2.24) is 0 Å². The number of aliphatic hydroxyl groups is 1. The molecule has 3 rings (SSSR count). The second kappa shape index (κ2) is 6.50. The van der Waals surface area contributed by atoms with Crippen LogP contribution in [0.3, 0.4) is 0 Å². The Bertz CT molecular complexity index is 587. The van der Waals surface area contributed by atoms with E-state index in [-0.39, 0.29) is 24.5 Å². The van der Waals surface area contributed by atoms with E-state index in [1.54, 1.807) is 0 Å². The Morgan fingerprint density at radius 3 is 2.43 bits per heavy atom. The number of carbonyl (C=O) groups is 1. The minimum Gasteiger partial charge on any atom is -0.616 e. The molecule has 9 heteroatoms. The van der Waals surface area contributed by atoms with Gasteiger partial charge >= 0.3 is 6.09 Å². The van der Waals surface area contributed by atoms with Crippen LogP contribution in [-0.4, -0.2) is 59.6 Å². The molecule has 1 amide bonds. The van der Waals surface area contributed by atoms with Gasteiger partial charge < -0.3 is 19.3 Å². The van der Waals surface area contributed by atoms with Gasteiger partial charge in [-0.2, -0.15) is 0 Å². The van der Waals surface area contributed by atoms with Gasteiger partial charge in [-0.1, -0.05) is 11.2 Å². The molecule has 0 aromatic heterocycles. The average molecular weight is 346 g/mol. The lowest BCUT2D eigenvalue weighted by atomic mass is 10.2. The van der Waals surface area contributed by atoms with E-state index in [4.69, 9.17) is 9.84 Å². The van der Waals surface area contributed by atoms with E-state index in [9.17, 15) is 18.1 Å². The summed E-state index contributed by atoms with van der Waals surface area (Å²) in [5, 5.41) is 9.01. The van der Waals surface area contributed by atoms with Crippen LogP contribution in [0, 0.1) is 11.6 Å². The molecule has 2 fully saturated rings. The lowest BCUT2D eigenvalue weighted by molar-refractivity contribution is 0.0963. The Kier molecular flexibility index (Phi) is 4.60. The number of carbonyl (C=O) groups excluding carboxylic acids is 1. The third-order valence-electron chi connectivity index (χ3n) is 3.89. The minimum atomic E-state index is -0.944. The number of ether oxygens (including phenoxy) is 1. The highest BCUT2D eigenvalue weighted by atomic mass is 32.2. The monoisotopic (exact) mass is 346 g/mol. The molecule has 0 unspecified atom stereocenters. The standard InChI is InChI=1S/C14H16F2N2O4S/c15-11-5-9(18-7-10(8-19)22-14(18)20)6-12(16)13(11)17-1-3-23(21)4-2-17/h5-6,10,19H,1-4,7-8H2/t10-/m1/s1. The molecule has 1 atom stereocenters.